The molecule has 0 saturated carbocycles. The third-order valence-corrected chi connectivity index (χ3v) is 2.89. The van der Waals surface area contributed by atoms with Crippen LogP contribution in [0.2, 0.25) is 0 Å². The Morgan fingerprint density at radius 3 is 2.67 bits per heavy atom. The minimum absolute atomic E-state index is 0.669. The summed E-state index contributed by atoms with van der Waals surface area (Å²) in [6.45, 7) is 3.77. The van der Waals surface area contributed by atoms with Gasteiger partial charge in [-0.3, -0.25) is 0 Å². The van der Waals surface area contributed by atoms with Gasteiger partial charge in [0.05, 0.1) is 0 Å². The van der Waals surface area contributed by atoms with Gasteiger partial charge in [-0.15, -0.1) is 6.58 Å². The molecule has 1 aromatic heterocycles. The zero-order valence-electron chi connectivity index (χ0n) is 9.97. The summed E-state index contributed by atoms with van der Waals surface area (Å²) in [7, 11) is 0. The summed E-state index contributed by atoms with van der Waals surface area (Å²) in [5, 5.41) is 0. The molecule has 88 valence electrons. The average Bonchev–Trinajstić information content (AvgIpc) is 2.85. The number of hydrogen-bond acceptors (Lipinski definition) is 2. The SMILES string of the molecule is C=CCc1cccc2oc(-c3ccccc3)nc12. The summed E-state index contributed by atoms with van der Waals surface area (Å²) in [4.78, 5) is 4.59. The summed E-state index contributed by atoms with van der Waals surface area (Å²) in [6.07, 6.45) is 2.68. The lowest BCUT2D eigenvalue weighted by atomic mass is 10.1. The molecule has 0 unspecified atom stereocenters. The van der Waals surface area contributed by atoms with Crippen molar-refractivity contribution in [2.45, 2.75) is 6.42 Å². The molecule has 0 aliphatic carbocycles. The van der Waals surface area contributed by atoms with Crippen LogP contribution < -0.4 is 0 Å². The normalized spacial score (nSPS) is 10.7. The standard InChI is InChI=1S/C16H13NO/c1-2-7-12-10-6-11-14-15(12)17-16(18-14)13-8-4-3-5-9-13/h2-6,8-11H,1,7H2. The zero-order valence-corrected chi connectivity index (χ0v) is 9.97. The fourth-order valence-corrected chi connectivity index (χ4v) is 2.03. The van der Waals surface area contributed by atoms with Crippen LogP contribution in [0.5, 0.6) is 0 Å². The molecule has 0 saturated heterocycles. The summed E-state index contributed by atoms with van der Waals surface area (Å²) >= 11 is 0. The van der Waals surface area contributed by atoms with Gasteiger partial charge in [-0.25, -0.2) is 4.98 Å². The molecule has 2 nitrogen and oxygen atoms in total. The van der Waals surface area contributed by atoms with Crippen molar-refractivity contribution in [2.24, 2.45) is 0 Å². The molecule has 1 heterocycles. The first kappa shape index (κ1) is 10.8. The number of allylic oxidation sites excluding steroid dienone is 1. The largest absolute Gasteiger partial charge is 0.436 e. The van der Waals surface area contributed by atoms with Crippen LogP contribution in [0.1, 0.15) is 5.56 Å². The van der Waals surface area contributed by atoms with E-state index in [1.807, 2.05) is 48.5 Å². The molecular weight excluding hydrogens is 222 g/mol. The van der Waals surface area contributed by atoms with Crippen molar-refractivity contribution in [2.75, 3.05) is 0 Å². The Kier molecular flexibility index (Phi) is 2.69. The third kappa shape index (κ3) is 1.82. The van der Waals surface area contributed by atoms with E-state index in [1.165, 1.54) is 0 Å². The van der Waals surface area contributed by atoms with Crippen LogP contribution in [-0.4, -0.2) is 4.98 Å². The van der Waals surface area contributed by atoms with Gasteiger partial charge in [0, 0.05) is 5.56 Å². The van der Waals surface area contributed by atoms with Gasteiger partial charge < -0.3 is 4.42 Å². The van der Waals surface area contributed by atoms with E-state index in [1.54, 1.807) is 0 Å². The van der Waals surface area contributed by atoms with Crippen molar-refractivity contribution in [1.29, 1.82) is 0 Å². The van der Waals surface area contributed by atoms with Crippen molar-refractivity contribution in [3.05, 3.63) is 66.7 Å². The molecule has 0 aliphatic rings. The molecule has 0 fully saturated rings. The number of oxazole rings is 1. The van der Waals surface area contributed by atoms with Gasteiger partial charge in [0.15, 0.2) is 5.58 Å². The lowest BCUT2D eigenvalue weighted by molar-refractivity contribution is 0.620. The van der Waals surface area contributed by atoms with Crippen LogP contribution >= 0.6 is 0 Å². The van der Waals surface area contributed by atoms with Gasteiger partial charge in [0.2, 0.25) is 5.89 Å². The maximum Gasteiger partial charge on any atom is 0.227 e. The highest BCUT2D eigenvalue weighted by Gasteiger charge is 2.10. The lowest BCUT2D eigenvalue weighted by Crippen LogP contribution is -1.83. The number of aromatic nitrogens is 1. The predicted molar refractivity (Wildman–Crippen MR) is 73.3 cm³/mol. The topological polar surface area (TPSA) is 26.0 Å². The van der Waals surface area contributed by atoms with Gasteiger partial charge in [0.25, 0.3) is 0 Å². The van der Waals surface area contributed by atoms with Crippen LogP contribution in [0.3, 0.4) is 0 Å². The Balaban J connectivity index is 2.17. The molecule has 0 bridgehead atoms. The summed E-state index contributed by atoms with van der Waals surface area (Å²) < 4.78 is 5.80. The molecule has 0 N–H and O–H groups in total. The molecule has 2 aromatic carbocycles. The van der Waals surface area contributed by atoms with E-state index in [9.17, 15) is 0 Å². The summed E-state index contributed by atoms with van der Waals surface area (Å²) in [5.41, 5.74) is 3.90. The van der Waals surface area contributed by atoms with Gasteiger partial charge in [0.1, 0.15) is 5.52 Å². The van der Waals surface area contributed by atoms with E-state index in [-0.39, 0.29) is 0 Å². The number of nitrogens with zero attached hydrogens (tertiary/aromatic N) is 1. The molecular formula is C16H13NO. The van der Waals surface area contributed by atoms with Crippen LogP contribution in [-0.2, 0) is 6.42 Å². The maximum atomic E-state index is 5.80. The van der Waals surface area contributed by atoms with Crippen LogP contribution in [0.4, 0.5) is 0 Å². The molecule has 3 rings (SSSR count). The Labute approximate surface area is 106 Å². The molecule has 0 radical (unpaired) electrons. The van der Waals surface area contributed by atoms with E-state index in [4.69, 9.17) is 4.42 Å². The fraction of sp³-hybridized carbons (Fsp3) is 0.0625. The molecule has 0 aliphatic heterocycles. The second-order valence-electron chi connectivity index (χ2n) is 4.14. The van der Waals surface area contributed by atoms with Crippen molar-refractivity contribution in [3.63, 3.8) is 0 Å². The van der Waals surface area contributed by atoms with Crippen molar-refractivity contribution >= 4 is 11.1 Å². The molecule has 3 aromatic rings. The van der Waals surface area contributed by atoms with E-state index in [0.717, 1.165) is 28.6 Å². The van der Waals surface area contributed by atoms with Crippen LogP contribution in [0.25, 0.3) is 22.6 Å². The minimum atomic E-state index is 0.669. The lowest BCUT2D eigenvalue weighted by Gasteiger charge is -1.95. The van der Waals surface area contributed by atoms with Gasteiger partial charge in [-0.05, 0) is 30.2 Å². The van der Waals surface area contributed by atoms with Crippen LogP contribution in [0, 0.1) is 0 Å². The molecule has 0 spiro atoms. The van der Waals surface area contributed by atoms with E-state index in [2.05, 4.69) is 17.6 Å². The highest BCUT2D eigenvalue weighted by Crippen LogP contribution is 2.26. The van der Waals surface area contributed by atoms with E-state index < -0.39 is 0 Å². The summed E-state index contributed by atoms with van der Waals surface area (Å²) in [6, 6.07) is 15.9. The first-order valence-corrected chi connectivity index (χ1v) is 5.93. The summed E-state index contributed by atoms with van der Waals surface area (Å²) in [5.74, 6) is 0.669. The quantitative estimate of drug-likeness (QED) is 0.635. The number of benzene rings is 2. The Bertz CT molecular complexity index is 683. The number of fused-ring (bicyclic) bond motifs is 1. The first-order chi connectivity index (χ1) is 8.88. The van der Waals surface area contributed by atoms with Crippen molar-refractivity contribution in [3.8, 4) is 11.5 Å². The van der Waals surface area contributed by atoms with Crippen molar-refractivity contribution < 1.29 is 4.42 Å². The minimum Gasteiger partial charge on any atom is -0.436 e. The van der Waals surface area contributed by atoms with Crippen LogP contribution in [0.15, 0.2) is 65.6 Å². The second-order valence-corrected chi connectivity index (χ2v) is 4.14. The monoisotopic (exact) mass is 235 g/mol. The van der Waals surface area contributed by atoms with Gasteiger partial charge in [-0.2, -0.15) is 0 Å². The molecule has 0 amide bonds. The smallest absolute Gasteiger partial charge is 0.227 e. The maximum absolute atomic E-state index is 5.80. The molecule has 0 atom stereocenters. The highest BCUT2D eigenvalue weighted by molar-refractivity contribution is 5.79. The number of hydrogen-bond donors (Lipinski definition) is 0. The second kappa shape index (κ2) is 4.49. The average molecular weight is 235 g/mol. The Morgan fingerprint density at radius 2 is 1.89 bits per heavy atom. The third-order valence-electron chi connectivity index (χ3n) is 2.89. The number of para-hydroxylation sites is 1. The zero-order chi connectivity index (χ0) is 12.4. The van der Waals surface area contributed by atoms with E-state index >= 15 is 0 Å². The highest BCUT2D eigenvalue weighted by atomic mass is 16.3. The van der Waals surface area contributed by atoms with E-state index in [0.29, 0.717) is 5.89 Å². The van der Waals surface area contributed by atoms with Crippen molar-refractivity contribution in [1.82, 2.24) is 4.98 Å². The predicted octanol–water partition coefficient (Wildman–Crippen LogP) is 4.22. The fourth-order valence-electron chi connectivity index (χ4n) is 2.03. The molecule has 18 heavy (non-hydrogen) atoms. The van der Waals surface area contributed by atoms with Gasteiger partial charge >= 0.3 is 0 Å². The number of rotatable bonds is 3. The Morgan fingerprint density at radius 1 is 1.06 bits per heavy atom. The Hall–Kier alpha value is -2.35. The molecule has 2 heteroatoms. The van der Waals surface area contributed by atoms with Gasteiger partial charge in [-0.1, -0.05) is 36.4 Å². The first-order valence-electron chi connectivity index (χ1n) is 5.93.